The first-order valence-corrected chi connectivity index (χ1v) is 8.84. The van der Waals surface area contributed by atoms with Gasteiger partial charge in [-0.3, -0.25) is 9.78 Å². The number of hydrogen-bond donors (Lipinski definition) is 1. The number of anilines is 2. The maximum atomic E-state index is 11.8. The molecule has 1 amide bonds. The van der Waals surface area contributed by atoms with Crippen LogP contribution in [0.5, 0.6) is 0 Å². The minimum Gasteiger partial charge on any atom is -0.339 e. The number of piperidine rings is 1. The average molecular weight is 344 g/mol. The van der Waals surface area contributed by atoms with Gasteiger partial charge in [0.05, 0.1) is 18.1 Å². The first-order chi connectivity index (χ1) is 11.7. The predicted octanol–water partition coefficient (Wildman–Crippen LogP) is 2.53. The molecule has 8 heteroatoms. The molecule has 0 radical (unpaired) electrons. The van der Waals surface area contributed by atoms with Crippen LogP contribution in [0.2, 0.25) is 0 Å². The topological polar surface area (TPSA) is 83.9 Å². The predicted molar refractivity (Wildman–Crippen MR) is 93.4 cm³/mol. The van der Waals surface area contributed by atoms with E-state index in [4.69, 9.17) is 0 Å². The van der Waals surface area contributed by atoms with Crippen molar-refractivity contribution in [2.45, 2.75) is 32.1 Å². The van der Waals surface area contributed by atoms with Gasteiger partial charge in [-0.05, 0) is 25.3 Å². The number of likely N-dealkylation sites (tertiary alicyclic amines) is 1. The van der Waals surface area contributed by atoms with Crippen molar-refractivity contribution in [3.05, 3.63) is 35.8 Å². The molecule has 0 bridgehead atoms. The third kappa shape index (κ3) is 3.76. The molecule has 1 aliphatic heterocycles. The Bertz CT molecular complexity index is 714. The van der Waals surface area contributed by atoms with Gasteiger partial charge in [0.25, 0.3) is 0 Å². The molecule has 24 heavy (non-hydrogen) atoms. The quantitative estimate of drug-likeness (QED) is 0.839. The first kappa shape index (κ1) is 16.5. The van der Waals surface area contributed by atoms with E-state index >= 15 is 0 Å². The second-order valence-corrected chi connectivity index (χ2v) is 6.70. The largest absolute Gasteiger partial charge is 0.339 e. The van der Waals surface area contributed by atoms with Crippen molar-refractivity contribution in [1.82, 2.24) is 25.1 Å². The van der Waals surface area contributed by atoms with Gasteiger partial charge in [-0.15, -0.1) is 10.2 Å². The molecule has 2 aromatic heterocycles. The van der Waals surface area contributed by atoms with Gasteiger partial charge in [-0.1, -0.05) is 24.8 Å². The van der Waals surface area contributed by atoms with Gasteiger partial charge in [0.2, 0.25) is 11.0 Å². The van der Waals surface area contributed by atoms with E-state index in [1.54, 1.807) is 12.4 Å². The smallest absolute Gasteiger partial charge is 0.245 e. The van der Waals surface area contributed by atoms with E-state index in [1.165, 1.54) is 17.4 Å². The van der Waals surface area contributed by atoms with Crippen LogP contribution in [0.25, 0.3) is 0 Å². The summed E-state index contributed by atoms with van der Waals surface area (Å²) in [5.74, 6) is 0.846. The maximum Gasteiger partial charge on any atom is 0.245 e. The number of aryl methyl sites for hydroxylation is 1. The van der Waals surface area contributed by atoms with Crippen LogP contribution in [0.4, 0.5) is 10.9 Å². The molecule has 0 spiro atoms. The third-order valence-corrected chi connectivity index (χ3v) is 4.99. The summed E-state index contributed by atoms with van der Waals surface area (Å²) >= 11 is 1.51. The second kappa shape index (κ2) is 7.48. The van der Waals surface area contributed by atoms with E-state index in [2.05, 4.69) is 32.1 Å². The minimum absolute atomic E-state index is 0.0195. The lowest BCUT2D eigenvalue weighted by Gasteiger charge is -2.31. The highest BCUT2D eigenvalue weighted by atomic mass is 32.1. The van der Waals surface area contributed by atoms with E-state index in [-0.39, 0.29) is 11.8 Å². The Morgan fingerprint density at radius 1 is 1.46 bits per heavy atom. The number of rotatable bonds is 5. The fraction of sp³-hybridized carbons (Fsp3) is 0.438. The number of hydrogen-bond acceptors (Lipinski definition) is 7. The zero-order valence-corrected chi connectivity index (χ0v) is 14.4. The molecule has 0 aromatic carbocycles. The van der Waals surface area contributed by atoms with Crippen molar-refractivity contribution in [2.75, 3.05) is 18.4 Å². The summed E-state index contributed by atoms with van der Waals surface area (Å²) in [5.41, 5.74) is 0.911. The Morgan fingerprint density at radius 3 is 3.00 bits per heavy atom. The molecule has 1 atom stereocenters. The van der Waals surface area contributed by atoms with Crippen LogP contribution in [-0.4, -0.2) is 44.1 Å². The summed E-state index contributed by atoms with van der Waals surface area (Å²) in [4.78, 5) is 22.5. The Kier molecular flexibility index (Phi) is 5.14. The van der Waals surface area contributed by atoms with Crippen LogP contribution in [0, 0.1) is 0 Å². The number of carbonyl (C=O) groups excluding carboxylic acids is 1. The molecular weight excluding hydrogens is 324 g/mol. The van der Waals surface area contributed by atoms with Crippen molar-refractivity contribution in [3.8, 4) is 0 Å². The fourth-order valence-electron chi connectivity index (χ4n) is 2.72. The molecular formula is C16H20N6OS. The standard InChI is InChI=1S/C16H20N6OS/c1-3-14-20-21-16(24-14)19-13-9-17-12(8-18-13)11-6-5-7-22(10-11)15(23)4-2/h4,8-9,11H,2-3,5-7,10H2,1H3,(H,18,19,21)/t11-/m0/s1. The monoisotopic (exact) mass is 344 g/mol. The zero-order chi connectivity index (χ0) is 16.9. The van der Waals surface area contributed by atoms with Gasteiger partial charge < -0.3 is 10.2 Å². The first-order valence-electron chi connectivity index (χ1n) is 8.02. The van der Waals surface area contributed by atoms with Crippen molar-refractivity contribution >= 4 is 28.2 Å². The molecule has 1 aliphatic rings. The van der Waals surface area contributed by atoms with E-state index in [0.717, 1.165) is 36.5 Å². The number of amides is 1. The van der Waals surface area contributed by atoms with Crippen LogP contribution in [0.3, 0.4) is 0 Å². The number of aromatic nitrogens is 4. The van der Waals surface area contributed by atoms with Crippen LogP contribution in [-0.2, 0) is 11.2 Å². The molecule has 0 unspecified atom stereocenters. The molecule has 3 rings (SSSR count). The maximum absolute atomic E-state index is 11.8. The zero-order valence-electron chi connectivity index (χ0n) is 13.6. The second-order valence-electron chi connectivity index (χ2n) is 5.63. The number of nitrogens with one attached hydrogen (secondary N) is 1. The molecule has 126 valence electrons. The molecule has 0 aliphatic carbocycles. The minimum atomic E-state index is -0.0195. The molecule has 2 aromatic rings. The van der Waals surface area contributed by atoms with Crippen LogP contribution >= 0.6 is 11.3 Å². The Labute approximate surface area is 144 Å². The van der Waals surface area contributed by atoms with Gasteiger partial charge in [0.1, 0.15) is 5.01 Å². The van der Waals surface area contributed by atoms with Gasteiger partial charge in [0, 0.05) is 19.0 Å². The van der Waals surface area contributed by atoms with Gasteiger partial charge in [0.15, 0.2) is 5.82 Å². The lowest BCUT2D eigenvalue weighted by Crippen LogP contribution is -2.38. The van der Waals surface area contributed by atoms with Gasteiger partial charge in [-0.2, -0.15) is 0 Å². The van der Waals surface area contributed by atoms with Crippen molar-refractivity contribution in [2.24, 2.45) is 0 Å². The van der Waals surface area contributed by atoms with E-state index in [0.29, 0.717) is 17.5 Å². The van der Waals surface area contributed by atoms with Gasteiger partial charge in [-0.25, -0.2) is 4.98 Å². The molecule has 0 saturated carbocycles. The summed E-state index contributed by atoms with van der Waals surface area (Å²) in [6.45, 7) is 7.05. The van der Waals surface area contributed by atoms with Crippen molar-refractivity contribution in [1.29, 1.82) is 0 Å². The summed E-state index contributed by atoms with van der Waals surface area (Å²) in [6, 6.07) is 0. The van der Waals surface area contributed by atoms with Gasteiger partial charge >= 0.3 is 0 Å². The summed E-state index contributed by atoms with van der Waals surface area (Å²) < 4.78 is 0. The van der Waals surface area contributed by atoms with E-state index in [1.807, 2.05) is 11.8 Å². The van der Waals surface area contributed by atoms with E-state index in [9.17, 15) is 4.79 Å². The lowest BCUT2D eigenvalue weighted by molar-refractivity contribution is -0.127. The Balaban J connectivity index is 1.65. The van der Waals surface area contributed by atoms with Crippen LogP contribution in [0.1, 0.15) is 36.4 Å². The molecule has 1 fully saturated rings. The fourth-order valence-corrected chi connectivity index (χ4v) is 3.40. The average Bonchev–Trinajstić information content (AvgIpc) is 3.09. The molecule has 7 nitrogen and oxygen atoms in total. The SMILES string of the molecule is C=CC(=O)N1CCC[C@H](c2cnc(Nc3nnc(CC)s3)cn2)C1. The Hall–Kier alpha value is -2.35. The van der Waals surface area contributed by atoms with Crippen LogP contribution < -0.4 is 5.32 Å². The highest BCUT2D eigenvalue weighted by molar-refractivity contribution is 7.15. The molecule has 1 N–H and O–H groups in total. The van der Waals surface area contributed by atoms with Crippen LogP contribution in [0.15, 0.2) is 25.0 Å². The summed E-state index contributed by atoms with van der Waals surface area (Å²) in [6.07, 6.45) is 7.70. The summed E-state index contributed by atoms with van der Waals surface area (Å²) in [7, 11) is 0. The number of carbonyl (C=O) groups is 1. The third-order valence-electron chi connectivity index (χ3n) is 4.00. The normalized spacial score (nSPS) is 17.5. The lowest BCUT2D eigenvalue weighted by atomic mass is 9.95. The summed E-state index contributed by atoms with van der Waals surface area (Å²) in [5, 5.41) is 13.0. The van der Waals surface area contributed by atoms with E-state index < -0.39 is 0 Å². The highest BCUT2D eigenvalue weighted by Gasteiger charge is 2.24. The number of nitrogens with zero attached hydrogens (tertiary/aromatic N) is 5. The highest BCUT2D eigenvalue weighted by Crippen LogP contribution is 2.26. The van der Waals surface area contributed by atoms with Crippen molar-refractivity contribution < 1.29 is 4.79 Å². The molecule has 3 heterocycles. The Morgan fingerprint density at radius 2 is 2.33 bits per heavy atom. The van der Waals surface area contributed by atoms with Crippen molar-refractivity contribution in [3.63, 3.8) is 0 Å². The molecule has 1 saturated heterocycles.